The average molecular weight is 335 g/mol. The van der Waals surface area contributed by atoms with Crippen LogP contribution in [0.2, 0.25) is 0 Å². The zero-order chi connectivity index (χ0) is 13.8. The van der Waals surface area contributed by atoms with E-state index in [0.717, 1.165) is 22.3 Å². The molecule has 0 saturated heterocycles. The van der Waals surface area contributed by atoms with Crippen molar-refractivity contribution >= 4 is 38.8 Å². The lowest BCUT2D eigenvalue weighted by atomic mass is 10.1. The smallest absolute Gasteiger partial charge is 0.105 e. The minimum absolute atomic E-state index is 0.400. The summed E-state index contributed by atoms with van der Waals surface area (Å²) in [6, 6.07) is 14.2. The molecule has 0 saturated carbocycles. The third-order valence-corrected chi connectivity index (χ3v) is 3.85. The van der Waals surface area contributed by atoms with E-state index >= 15 is 0 Å². The molecule has 0 amide bonds. The second-order valence-electron chi connectivity index (χ2n) is 4.34. The fourth-order valence-electron chi connectivity index (χ4n) is 1.83. The lowest BCUT2D eigenvalue weighted by Gasteiger charge is -2.10. The van der Waals surface area contributed by atoms with Crippen LogP contribution >= 0.6 is 28.1 Å². The minimum atomic E-state index is 0.400. The third-order valence-electron chi connectivity index (χ3n) is 2.98. The fraction of sp³-hybridized carbons (Fsp3) is 0.133. The Hall–Kier alpha value is -1.39. The van der Waals surface area contributed by atoms with Crippen molar-refractivity contribution in [2.45, 2.75) is 13.5 Å². The molecule has 98 valence electrons. The second-order valence-corrected chi connectivity index (χ2v) is 5.63. The highest BCUT2D eigenvalue weighted by Crippen LogP contribution is 2.22. The highest BCUT2D eigenvalue weighted by Gasteiger charge is 2.04. The molecule has 0 atom stereocenters. The van der Waals surface area contributed by atoms with E-state index in [-0.39, 0.29) is 0 Å². The Labute approximate surface area is 127 Å². The van der Waals surface area contributed by atoms with Gasteiger partial charge in [-0.1, -0.05) is 36.5 Å². The van der Waals surface area contributed by atoms with E-state index in [2.05, 4.69) is 46.4 Å². The molecule has 3 N–H and O–H groups in total. The first-order valence-corrected chi connectivity index (χ1v) is 7.16. The van der Waals surface area contributed by atoms with E-state index in [1.54, 1.807) is 0 Å². The van der Waals surface area contributed by atoms with E-state index in [1.807, 2.05) is 24.3 Å². The second kappa shape index (κ2) is 6.17. The number of rotatable bonds is 4. The summed E-state index contributed by atoms with van der Waals surface area (Å²) in [5, 5.41) is 3.39. The van der Waals surface area contributed by atoms with E-state index in [0.29, 0.717) is 4.99 Å². The molecule has 0 radical (unpaired) electrons. The molecule has 0 aliphatic carbocycles. The monoisotopic (exact) mass is 334 g/mol. The number of benzene rings is 2. The van der Waals surface area contributed by atoms with E-state index in [4.69, 9.17) is 18.0 Å². The van der Waals surface area contributed by atoms with Gasteiger partial charge in [-0.15, -0.1) is 0 Å². The molecule has 0 bridgehead atoms. The van der Waals surface area contributed by atoms with E-state index in [1.165, 1.54) is 11.1 Å². The van der Waals surface area contributed by atoms with Crippen molar-refractivity contribution in [1.82, 2.24) is 0 Å². The van der Waals surface area contributed by atoms with Crippen LogP contribution in [0.1, 0.15) is 16.7 Å². The fourth-order valence-corrected chi connectivity index (χ4v) is 2.73. The first-order chi connectivity index (χ1) is 9.08. The molecule has 0 aliphatic heterocycles. The lowest BCUT2D eigenvalue weighted by molar-refractivity contribution is 1.12. The van der Waals surface area contributed by atoms with Gasteiger partial charge >= 0.3 is 0 Å². The predicted octanol–water partition coefficient (Wildman–Crippen LogP) is 4.00. The van der Waals surface area contributed by atoms with Crippen LogP contribution in [0.3, 0.4) is 0 Å². The third kappa shape index (κ3) is 3.55. The van der Waals surface area contributed by atoms with Gasteiger partial charge in [0, 0.05) is 22.3 Å². The van der Waals surface area contributed by atoms with Gasteiger partial charge in [0.1, 0.15) is 4.99 Å². The van der Waals surface area contributed by atoms with Crippen LogP contribution in [0.25, 0.3) is 0 Å². The topological polar surface area (TPSA) is 38.0 Å². The van der Waals surface area contributed by atoms with Gasteiger partial charge < -0.3 is 11.1 Å². The Kier molecular flexibility index (Phi) is 4.56. The summed E-state index contributed by atoms with van der Waals surface area (Å²) in [5.41, 5.74) is 10.1. The largest absolute Gasteiger partial charge is 0.389 e. The molecular weight excluding hydrogens is 320 g/mol. The molecule has 0 aliphatic rings. The zero-order valence-electron chi connectivity index (χ0n) is 10.6. The lowest BCUT2D eigenvalue weighted by Crippen LogP contribution is -2.10. The van der Waals surface area contributed by atoms with Crippen molar-refractivity contribution in [3.8, 4) is 0 Å². The number of hydrogen-bond acceptors (Lipinski definition) is 2. The van der Waals surface area contributed by atoms with Crippen molar-refractivity contribution in [1.29, 1.82) is 0 Å². The quantitative estimate of drug-likeness (QED) is 0.830. The summed E-state index contributed by atoms with van der Waals surface area (Å²) in [7, 11) is 0. The summed E-state index contributed by atoms with van der Waals surface area (Å²) in [6.45, 7) is 2.91. The van der Waals surface area contributed by atoms with Gasteiger partial charge in [-0.2, -0.15) is 0 Å². The Bertz CT molecular complexity index is 611. The Morgan fingerprint density at radius 3 is 2.63 bits per heavy atom. The molecule has 4 heteroatoms. The molecule has 0 spiro atoms. The number of nitrogens with one attached hydrogen (secondary N) is 1. The Morgan fingerprint density at radius 1 is 1.26 bits per heavy atom. The molecular formula is C15H15BrN2S. The van der Waals surface area contributed by atoms with Crippen LogP contribution < -0.4 is 11.1 Å². The molecule has 19 heavy (non-hydrogen) atoms. The van der Waals surface area contributed by atoms with Crippen LogP contribution in [0, 0.1) is 6.92 Å². The van der Waals surface area contributed by atoms with Crippen LogP contribution in [0.5, 0.6) is 0 Å². The molecule has 0 fully saturated rings. The van der Waals surface area contributed by atoms with Gasteiger partial charge in [0.25, 0.3) is 0 Å². The van der Waals surface area contributed by atoms with Crippen LogP contribution in [-0.2, 0) is 6.54 Å². The van der Waals surface area contributed by atoms with Crippen molar-refractivity contribution < 1.29 is 0 Å². The van der Waals surface area contributed by atoms with Gasteiger partial charge in [-0.05, 0) is 52.2 Å². The zero-order valence-corrected chi connectivity index (χ0v) is 13.0. The molecule has 2 rings (SSSR count). The van der Waals surface area contributed by atoms with Gasteiger partial charge in [0.2, 0.25) is 0 Å². The summed E-state index contributed by atoms with van der Waals surface area (Å²) in [5.74, 6) is 0. The normalized spacial score (nSPS) is 10.2. The average Bonchev–Trinajstić information content (AvgIpc) is 2.37. The molecule has 0 aromatic heterocycles. The number of thiocarbonyl (C=S) groups is 1. The summed E-state index contributed by atoms with van der Waals surface area (Å²) in [4.78, 5) is 0.400. The summed E-state index contributed by atoms with van der Waals surface area (Å²) >= 11 is 8.46. The van der Waals surface area contributed by atoms with Crippen molar-refractivity contribution in [3.05, 3.63) is 63.6 Å². The number of hydrogen-bond donors (Lipinski definition) is 2. The highest BCUT2D eigenvalue weighted by atomic mass is 79.9. The summed E-state index contributed by atoms with van der Waals surface area (Å²) in [6.07, 6.45) is 0. The number of nitrogens with two attached hydrogens (primary N) is 1. The van der Waals surface area contributed by atoms with Gasteiger partial charge in [-0.25, -0.2) is 0 Å². The molecule has 2 nitrogen and oxygen atoms in total. The maximum atomic E-state index is 5.63. The predicted molar refractivity (Wildman–Crippen MR) is 88.5 cm³/mol. The molecule has 0 unspecified atom stereocenters. The standard InChI is InChI=1S/C15H15BrN2S/c1-10-4-2-3-5-11(10)9-18-12-6-7-13(15(17)19)14(16)8-12/h2-8,18H,9H2,1H3,(H2,17,19). The number of anilines is 1. The molecule has 0 heterocycles. The van der Waals surface area contributed by atoms with Gasteiger partial charge in [-0.3, -0.25) is 0 Å². The first-order valence-electron chi connectivity index (χ1n) is 5.95. The minimum Gasteiger partial charge on any atom is -0.389 e. The Balaban J connectivity index is 2.11. The number of halogens is 1. The highest BCUT2D eigenvalue weighted by molar-refractivity contribution is 9.10. The van der Waals surface area contributed by atoms with Crippen molar-refractivity contribution in [2.75, 3.05) is 5.32 Å². The molecule has 2 aromatic carbocycles. The van der Waals surface area contributed by atoms with Crippen molar-refractivity contribution in [2.24, 2.45) is 5.73 Å². The Morgan fingerprint density at radius 2 is 2.00 bits per heavy atom. The van der Waals surface area contributed by atoms with Gasteiger partial charge in [0.05, 0.1) is 0 Å². The summed E-state index contributed by atoms with van der Waals surface area (Å²) < 4.78 is 0.912. The number of aryl methyl sites for hydroxylation is 1. The van der Waals surface area contributed by atoms with Crippen LogP contribution in [0.15, 0.2) is 46.9 Å². The maximum Gasteiger partial charge on any atom is 0.105 e. The van der Waals surface area contributed by atoms with Crippen LogP contribution in [0.4, 0.5) is 5.69 Å². The first kappa shape index (κ1) is 14.0. The van der Waals surface area contributed by atoms with Crippen LogP contribution in [-0.4, -0.2) is 4.99 Å². The molecule has 2 aromatic rings. The maximum absolute atomic E-state index is 5.63. The van der Waals surface area contributed by atoms with E-state index in [9.17, 15) is 0 Å². The van der Waals surface area contributed by atoms with Gasteiger partial charge in [0.15, 0.2) is 0 Å². The SMILES string of the molecule is Cc1ccccc1CNc1ccc(C(N)=S)c(Br)c1. The van der Waals surface area contributed by atoms with Crippen molar-refractivity contribution in [3.63, 3.8) is 0 Å². The van der Waals surface area contributed by atoms with E-state index < -0.39 is 0 Å².